The van der Waals surface area contributed by atoms with Gasteiger partial charge in [0.05, 0.1) is 6.10 Å². The fraction of sp³-hybridized carbons (Fsp3) is 0.368. The Kier molecular flexibility index (Phi) is 3.88. The minimum atomic E-state index is -0.395. The Bertz CT molecular complexity index is 583. The molecule has 1 nitrogen and oxygen atoms in total. The minimum Gasteiger partial charge on any atom is -0.388 e. The van der Waals surface area contributed by atoms with E-state index < -0.39 is 6.10 Å². The number of aliphatic hydroxyl groups is 1. The molecule has 1 unspecified atom stereocenters. The molecule has 0 bridgehead atoms. The molecule has 104 valence electrons. The first-order valence-electron chi connectivity index (χ1n) is 7.64. The van der Waals surface area contributed by atoms with Gasteiger partial charge >= 0.3 is 0 Å². The Morgan fingerprint density at radius 2 is 1.65 bits per heavy atom. The van der Waals surface area contributed by atoms with Gasteiger partial charge in [-0.3, -0.25) is 0 Å². The van der Waals surface area contributed by atoms with Crippen LogP contribution in [0.3, 0.4) is 0 Å². The van der Waals surface area contributed by atoms with Crippen LogP contribution in [-0.2, 0) is 25.7 Å². The maximum Gasteiger partial charge on any atom is 0.0830 e. The van der Waals surface area contributed by atoms with Crippen molar-refractivity contribution in [2.45, 2.75) is 45.1 Å². The fourth-order valence-electron chi connectivity index (χ4n) is 3.05. The van der Waals surface area contributed by atoms with E-state index in [0.29, 0.717) is 6.42 Å². The molecule has 1 N–H and O–H groups in total. The zero-order valence-corrected chi connectivity index (χ0v) is 12.1. The van der Waals surface area contributed by atoms with Crippen LogP contribution < -0.4 is 0 Å². The largest absolute Gasteiger partial charge is 0.388 e. The smallest absolute Gasteiger partial charge is 0.0830 e. The standard InChI is InChI=1S/C19H22O/c1-2-14-6-8-15(9-7-14)12-19(20)18-11-10-16-4-3-5-17(16)13-18/h6-11,13,19-20H,2-5,12H2,1H3. The van der Waals surface area contributed by atoms with Crippen molar-refractivity contribution in [3.8, 4) is 0 Å². The maximum atomic E-state index is 10.4. The van der Waals surface area contributed by atoms with Crippen LogP contribution in [0.15, 0.2) is 42.5 Å². The van der Waals surface area contributed by atoms with Crippen molar-refractivity contribution in [2.24, 2.45) is 0 Å². The molecule has 0 amide bonds. The summed E-state index contributed by atoms with van der Waals surface area (Å²) in [4.78, 5) is 0. The van der Waals surface area contributed by atoms with E-state index >= 15 is 0 Å². The van der Waals surface area contributed by atoms with E-state index in [-0.39, 0.29) is 0 Å². The van der Waals surface area contributed by atoms with E-state index in [2.05, 4.69) is 49.4 Å². The van der Waals surface area contributed by atoms with Crippen LogP contribution >= 0.6 is 0 Å². The lowest BCUT2D eigenvalue weighted by Crippen LogP contribution is -2.03. The molecule has 1 heteroatoms. The van der Waals surface area contributed by atoms with E-state index in [0.717, 1.165) is 12.0 Å². The predicted molar refractivity (Wildman–Crippen MR) is 83.0 cm³/mol. The summed E-state index contributed by atoms with van der Waals surface area (Å²) in [6.07, 6.45) is 4.99. The Morgan fingerprint density at radius 3 is 2.40 bits per heavy atom. The number of hydrogen-bond donors (Lipinski definition) is 1. The molecule has 3 rings (SSSR count). The van der Waals surface area contributed by atoms with Gasteiger partial charge in [-0.25, -0.2) is 0 Å². The molecule has 20 heavy (non-hydrogen) atoms. The summed E-state index contributed by atoms with van der Waals surface area (Å²) in [5.74, 6) is 0. The zero-order chi connectivity index (χ0) is 13.9. The topological polar surface area (TPSA) is 20.2 Å². The number of rotatable bonds is 4. The van der Waals surface area contributed by atoms with Crippen molar-refractivity contribution in [1.29, 1.82) is 0 Å². The molecule has 0 spiro atoms. The predicted octanol–water partition coefficient (Wildman–Crippen LogP) is 4.01. The van der Waals surface area contributed by atoms with Gasteiger partial charge in [0, 0.05) is 6.42 Å². The summed E-state index contributed by atoms with van der Waals surface area (Å²) in [7, 11) is 0. The van der Waals surface area contributed by atoms with Crippen molar-refractivity contribution >= 4 is 0 Å². The van der Waals surface area contributed by atoms with Crippen LogP contribution in [0, 0.1) is 0 Å². The number of fused-ring (bicyclic) bond motifs is 1. The highest BCUT2D eigenvalue weighted by atomic mass is 16.3. The Morgan fingerprint density at radius 1 is 0.950 bits per heavy atom. The summed E-state index contributed by atoms with van der Waals surface area (Å²) in [6, 6.07) is 15.1. The third-order valence-corrected chi connectivity index (χ3v) is 4.37. The van der Waals surface area contributed by atoms with Crippen LogP contribution in [0.4, 0.5) is 0 Å². The molecule has 0 saturated carbocycles. The monoisotopic (exact) mass is 266 g/mol. The van der Waals surface area contributed by atoms with E-state index in [1.807, 2.05) is 0 Å². The number of aliphatic hydroxyl groups excluding tert-OH is 1. The van der Waals surface area contributed by atoms with Gasteiger partial charge in [0.25, 0.3) is 0 Å². The van der Waals surface area contributed by atoms with E-state index in [1.165, 1.54) is 41.5 Å². The minimum absolute atomic E-state index is 0.395. The molecule has 0 radical (unpaired) electrons. The van der Waals surface area contributed by atoms with Crippen molar-refractivity contribution < 1.29 is 5.11 Å². The van der Waals surface area contributed by atoms with Crippen LogP contribution in [-0.4, -0.2) is 5.11 Å². The Hall–Kier alpha value is -1.60. The highest BCUT2D eigenvalue weighted by molar-refractivity contribution is 5.36. The second-order valence-electron chi connectivity index (χ2n) is 5.77. The van der Waals surface area contributed by atoms with Gasteiger partial charge in [-0.05, 0) is 53.5 Å². The third kappa shape index (κ3) is 2.78. The highest BCUT2D eigenvalue weighted by Gasteiger charge is 2.14. The summed E-state index contributed by atoms with van der Waals surface area (Å²) < 4.78 is 0. The SMILES string of the molecule is CCc1ccc(CC(O)c2ccc3c(c2)CCC3)cc1. The molecule has 2 aromatic rings. The highest BCUT2D eigenvalue weighted by Crippen LogP contribution is 2.27. The zero-order valence-electron chi connectivity index (χ0n) is 12.1. The second-order valence-corrected chi connectivity index (χ2v) is 5.77. The van der Waals surface area contributed by atoms with Crippen molar-refractivity contribution in [2.75, 3.05) is 0 Å². The lowest BCUT2D eigenvalue weighted by Gasteiger charge is -2.13. The summed E-state index contributed by atoms with van der Waals surface area (Å²) in [5, 5.41) is 10.4. The number of benzene rings is 2. The summed E-state index contributed by atoms with van der Waals surface area (Å²) >= 11 is 0. The van der Waals surface area contributed by atoms with Crippen LogP contribution in [0.5, 0.6) is 0 Å². The molecule has 1 aliphatic rings. The van der Waals surface area contributed by atoms with Gasteiger partial charge in [0.1, 0.15) is 0 Å². The molecular formula is C19H22O. The molecule has 2 aromatic carbocycles. The lowest BCUT2D eigenvalue weighted by atomic mass is 9.97. The average molecular weight is 266 g/mol. The summed E-state index contributed by atoms with van der Waals surface area (Å²) in [6.45, 7) is 2.16. The van der Waals surface area contributed by atoms with E-state index in [9.17, 15) is 5.11 Å². The number of hydrogen-bond acceptors (Lipinski definition) is 1. The Labute approximate surface area is 121 Å². The third-order valence-electron chi connectivity index (χ3n) is 4.37. The first-order valence-corrected chi connectivity index (χ1v) is 7.64. The van der Waals surface area contributed by atoms with Gasteiger partial charge in [0.15, 0.2) is 0 Å². The fourth-order valence-corrected chi connectivity index (χ4v) is 3.05. The van der Waals surface area contributed by atoms with Crippen LogP contribution in [0.2, 0.25) is 0 Å². The molecular weight excluding hydrogens is 244 g/mol. The average Bonchev–Trinajstić information content (AvgIpc) is 2.95. The normalized spacial score (nSPS) is 15.1. The first-order chi connectivity index (χ1) is 9.76. The molecule has 0 fully saturated rings. The van der Waals surface area contributed by atoms with Crippen molar-refractivity contribution in [3.63, 3.8) is 0 Å². The lowest BCUT2D eigenvalue weighted by molar-refractivity contribution is 0.178. The van der Waals surface area contributed by atoms with E-state index in [4.69, 9.17) is 0 Å². The van der Waals surface area contributed by atoms with Crippen LogP contribution in [0.25, 0.3) is 0 Å². The van der Waals surface area contributed by atoms with Crippen molar-refractivity contribution in [1.82, 2.24) is 0 Å². The first kappa shape index (κ1) is 13.4. The van der Waals surface area contributed by atoms with Crippen molar-refractivity contribution in [3.05, 3.63) is 70.3 Å². The second kappa shape index (κ2) is 5.80. The molecule has 1 aliphatic carbocycles. The van der Waals surface area contributed by atoms with Crippen LogP contribution in [0.1, 0.15) is 47.3 Å². The Balaban J connectivity index is 1.73. The van der Waals surface area contributed by atoms with Gasteiger partial charge in [-0.1, -0.05) is 49.4 Å². The van der Waals surface area contributed by atoms with Gasteiger partial charge < -0.3 is 5.11 Å². The van der Waals surface area contributed by atoms with Gasteiger partial charge in [0.2, 0.25) is 0 Å². The molecule has 1 atom stereocenters. The molecule has 0 saturated heterocycles. The molecule has 0 heterocycles. The van der Waals surface area contributed by atoms with Gasteiger partial charge in [-0.15, -0.1) is 0 Å². The quantitative estimate of drug-likeness (QED) is 0.886. The summed E-state index contributed by atoms with van der Waals surface area (Å²) in [5.41, 5.74) is 6.51. The maximum absolute atomic E-state index is 10.4. The number of aryl methyl sites for hydroxylation is 3. The molecule has 0 aliphatic heterocycles. The van der Waals surface area contributed by atoms with Gasteiger partial charge in [-0.2, -0.15) is 0 Å². The van der Waals surface area contributed by atoms with E-state index in [1.54, 1.807) is 0 Å². The molecule has 0 aromatic heterocycles.